The van der Waals surface area contributed by atoms with Crippen molar-refractivity contribution in [3.8, 4) is 0 Å². The second-order valence-electron chi connectivity index (χ2n) is 5.22. The average Bonchev–Trinajstić information content (AvgIpc) is 3.03. The van der Waals surface area contributed by atoms with Crippen molar-refractivity contribution >= 4 is 0 Å². The summed E-state index contributed by atoms with van der Waals surface area (Å²) in [5.41, 5.74) is 1.92. The molecule has 2 heterocycles. The molecule has 2 fully saturated rings. The van der Waals surface area contributed by atoms with Crippen LogP contribution in [0.4, 0.5) is 0 Å². The van der Waals surface area contributed by atoms with Crippen LogP contribution in [0, 0.1) is 0 Å². The van der Waals surface area contributed by atoms with Crippen molar-refractivity contribution in [3.05, 3.63) is 23.3 Å². The number of aliphatic hydroxyl groups is 1. The molecule has 0 aromatic heterocycles. The summed E-state index contributed by atoms with van der Waals surface area (Å²) in [6.07, 6.45) is 3.12. The molecular weight excluding hydrogens is 220 g/mol. The molecule has 3 aliphatic rings. The molecule has 3 rings (SSSR count). The Labute approximate surface area is 101 Å². The van der Waals surface area contributed by atoms with Crippen LogP contribution in [0.25, 0.3) is 0 Å². The lowest BCUT2D eigenvalue weighted by molar-refractivity contribution is -0.255. The van der Waals surface area contributed by atoms with Gasteiger partial charge in [0.1, 0.15) is 24.4 Å². The Balaban J connectivity index is 1.97. The molecule has 0 aromatic carbocycles. The first-order valence-corrected chi connectivity index (χ1v) is 6.04. The summed E-state index contributed by atoms with van der Waals surface area (Å²) in [7, 11) is 0. The number of aliphatic hydroxyl groups excluding tert-OH is 1. The van der Waals surface area contributed by atoms with Gasteiger partial charge in [0.25, 0.3) is 0 Å². The minimum Gasteiger partial charge on any atom is -0.386 e. The fourth-order valence-corrected chi connectivity index (χ4v) is 2.64. The van der Waals surface area contributed by atoms with Crippen LogP contribution in [0.1, 0.15) is 20.8 Å². The van der Waals surface area contributed by atoms with E-state index in [1.54, 1.807) is 0 Å². The van der Waals surface area contributed by atoms with Crippen molar-refractivity contribution in [3.63, 3.8) is 0 Å². The molecule has 4 heteroatoms. The quantitative estimate of drug-likeness (QED) is 0.696. The van der Waals surface area contributed by atoms with Crippen LogP contribution in [-0.4, -0.2) is 41.9 Å². The fraction of sp³-hybridized carbons (Fsp3) is 0.692. The number of epoxide rings is 1. The van der Waals surface area contributed by atoms with E-state index in [0.717, 1.165) is 11.1 Å². The maximum absolute atomic E-state index is 10.1. The van der Waals surface area contributed by atoms with Gasteiger partial charge in [0, 0.05) is 0 Å². The first-order valence-electron chi connectivity index (χ1n) is 6.04. The number of fused-ring (bicyclic) bond motifs is 3. The topological polar surface area (TPSA) is 51.2 Å². The smallest absolute Gasteiger partial charge is 0.164 e. The van der Waals surface area contributed by atoms with E-state index in [4.69, 9.17) is 14.2 Å². The van der Waals surface area contributed by atoms with Gasteiger partial charge < -0.3 is 19.3 Å². The fourth-order valence-electron chi connectivity index (χ4n) is 2.64. The Hall–Kier alpha value is -0.680. The summed E-state index contributed by atoms with van der Waals surface area (Å²) in [5, 5.41) is 10.1. The molecule has 4 atom stereocenters. The second-order valence-corrected chi connectivity index (χ2v) is 5.22. The molecule has 0 aromatic rings. The predicted molar refractivity (Wildman–Crippen MR) is 61.4 cm³/mol. The molecule has 0 unspecified atom stereocenters. The number of rotatable bonds is 1. The standard InChI is InChI=1S/C13H18O4/c1-4-5-7-8-6-15-13(2,3)17-10(8)12-11(16-12)9(7)14/h4-5,9-12,14H,6H2,1-3H3/b5-4+/t9-,10-,11-,12+/m0/s1. The molecule has 0 bridgehead atoms. The number of ether oxygens (including phenoxy) is 3. The van der Waals surface area contributed by atoms with Gasteiger partial charge in [-0.3, -0.25) is 0 Å². The van der Waals surface area contributed by atoms with Crippen molar-refractivity contribution in [2.45, 2.75) is 51.0 Å². The molecule has 1 aliphatic carbocycles. The molecular formula is C13H18O4. The van der Waals surface area contributed by atoms with Crippen molar-refractivity contribution in [2.24, 2.45) is 0 Å². The van der Waals surface area contributed by atoms with Crippen molar-refractivity contribution in [2.75, 3.05) is 6.61 Å². The van der Waals surface area contributed by atoms with E-state index in [1.165, 1.54) is 0 Å². The van der Waals surface area contributed by atoms with Crippen LogP contribution in [0.3, 0.4) is 0 Å². The third kappa shape index (κ3) is 1.76. The predicted octanol–water partition coefficient (Wildman–Crippen LogP) is 1.15. The Bertz CT molecular complexity index is 396. The maximum Gasteiger partial charge on any atom is 0.164 e. The van der Waals surface area contributed by atoms with Crippen LogP contribution < -0.4 is 0 Å². The molecule has 1 N–H and O–H groups in total. The summed E-state index contributed by atoms with van der Waals surface area (Å²) < 4.78 is 17.1. The van der Waals surface area contributed by atoms with E-state index in [1.807, 2.05) is 32.9 Å². The number of hydrogen-bond acceptors (Lipinski definition) is 4. The number of hydrogen-bond donors (Lipinski definition) is 1. The second kappa shape index (κ2) is 3.65. The zero-order chi connectivity index (χ0) is 12.2. The van der Waals surface area contributed by atoms with Crippen LogP contribution in [0.5, 0.6) is 0 Å². The monoisotopic (exact) mass is 238 g/mol. The molecule has 2 saturated heterocycles. The molecule has 0 saturated carbocycles. The van der Waals surface area contributed by atoms with Crippen molar-refractivity contribution < 1.29 is 19.3 Å². The summed E-state index contributed by atoms with van der Waals surface area (Å²) >= 11 is 0. The highest BCUT2D eigenvalue weighted by molar-refractivity contribution is 5.40. The first-order chi connectivity index (χ1) is 8.03. The average molecular weight is 238 g/mol. The lowest BCUT2D eigenvalue weighted by atomic mass is 9.86. The van der Waals surface area contributed by atoms with E-state index in [-0.39, 0.29) is 18.3 Å². The summed E-state index contributed by atoms with van der Waals surface area (Å²) in [5.74, 6) is -0.575. The van der Waals surface area contributed by atoms with Crippen molar-refractivity contribution in [1.82, 2.24) is 0 Å². The molecule has 0 spiro atoms. The van der Waals surface area contributed by atoms with Crippen LogP contribution in [-0.2, 0) is 14.2 Å². The van der Waals surface area contributed by atoms with E-state index in [0.29, 0.717) is 6.61 Å². The highest BCUT2D eigenvalue weighted by atomic mass is 16.7. The molecule has 4 nitrogen and oxygen atoms in total. The zero-order valence-corrected chi connectivity index (χ0v) is 10.3. The third-order valence-corrected chi connectivity index (χ3v) is 3.54. The Morgan fingerprint density at radius 3 is 2.82 bits per heavy atom. The molecule has 17 heavy (non-hydrogen) atoms. The highest BCUT2D eigenvalue weighted by Crippen LogP contribution is 2.45. The lowest BCUT2D eigenvalue weighted by Crippen LogP contribution is -2.48. The van der Waals surface area contributed by atoms with Crippen LogP contribution >= 0.6 is 0 Å². The van der Waals surface area contributed by atoms with E-state index in [2.05, 4.69) is 0 Å². The van der Waals surface area contributed by atoms with Gasteiger partial charge in [-0.1, -0.05) is 12.2 Å². The Kier molecular flexibility index (Phi) is 2.45. The minimum absolute atomic E-state index is 0.00261. The van der Waals surface area contributed by atoms with Gasteiger partial charge in [0.15, 0.2) is 5.79 Å². The van der Waals surface area contributed by atoms with E-state index in [9.17, 15) is 5.11 Å². The maximum atomic E-state index is 10.1. The first kappa shape index (κ1) is 11.4. The van der Waals surface area contributed by atoms with Crippen LogP contribution in [0.2, 0.25) is 0 Å². The van der Waals surface area contributed by atoms with Gasteiger partial charge >= 0.3 is 0 Å². The molecule has 0 radical (unpaired) electrons. The van der Waals surface area contributed by atoms with Gasteiger partial charge in [-0.25, -0.2) is 0 Å². The summed E-state index contributed by atoms with van der Waals surface area (Å²) in [4.78, 5) is 0. The number of allylic oxidation sites excluding steroid dienone is 1. The van der Waals surface area contributed by atoms with Crippen molar-refractivity contribution in [1.29, 1.82) is 0 Å². The third-order valence-electron chi connectivity index (χ3n) is 3.54. The minimum atomic E-state index is -0.575. The van der Waals surface area contributed by atoms with Gasteiger partial charge in [-0.15, -0.1) is 0 Å². The van der Waals surface area contributed by atoms with Crippen LogP contribution in [0.15, 0.2) is 23.3 Å². The largest absolute Gasteiger partial charge is 0.386 e. The Morgan fingerprint density at radius 2 is 2.12 bits per heavy atom. The Morgan fingerprint density at radius 1 is 1.35 bits per heavy atom. The molecule has 0 amide bonds. The lowest BCUT2D eigenvalue weighted by Gasteiger charge is -2.40. The van der Waals surface area contributed by atoms with E-state index >= 15 is 0 Å². The zero-order valence-electron chi connectivity index (χ0n) is 10.3. The van der Waals surface area contributed by atoms with Gasteiger partial charge in [0.2, 0.25) is 0 Å². The van der Waals surface area contributed by atoms with Gasteiger partial charge in [-0.2, -0.15) is 0 Å². The summed E-state index contributed by atoms with van der Waals surface area (Å²) in [6, 6.07) is 0. The van der Waals surface area contributed by atoms with Gasteiger partial charge in [-0.05, 0) is 31.9 Å². The molecule has 2 aliphatic heterocycles. The highest BCUT2D eigenvalue weighted by Gasteiger charge is 2.58. The SMILES string of the molecule is C/C=C/C1=C2COC(C)(C)O[C@@H]2[C@H]2O[C@H]2[C@H]1O. The van der Waals surface area contributed by atoms with Gasteiger partial charge in [0.05, 0.1) is 6.61 Å². The normalized spacial score (nSPS) is 43.5. The van der Waals surface area contributed by atoms with E-state index < -0.39 is 11.9 Å². The summed E-state index contributed by atoms with van der Waals surface area (Å²) in [6.45, 7) is 6.24. The molecule has 94 valence electrons.